The smallest absolute Gasteiger partial charge is 0.358 e. The summed E-state index contributed by atoms with van der Waals surface area (Å²) in [6.07, 6.45) is 0. The van der Waals surface area contributed by atoms with Gasteiger partial charge in [-0.1, -0.05) is 30.8 Å². The Labute approximate surface area is 121 Å². The lowest BCUT2D eigenvalue weighted by Gasteiger charge is -2.10. The van der Waals surface area contributed by atoms with Gasteiger partial charge in [0.1, 0.15) is 5.75 Å². The molecule has 0 heterocycles. The lowest BCUT2D eigenvalue weighted by molar-refractivity contribution is -0.143. The van der Waals surface area contributed by atoms with E-state index in [0.717, 1.165) is 0 Å². The standard InChI is InChI=1S/C15H14N2O4/c1-9(2)14(19)21-17-15(20)16-12-7-3-6-11-10(12)5-4-8-13(11)18/h3-8,18H,1H2,2H3,(H2,16,17,20). The summed E-state index contributed by atoms with van der Waals surface area (Å²) in [5.41, 5.74) is 2.62. The van der Waals surface area contributed by atoms with Crippen LogP contribution in [-0.4, -0.2) is 17.1 Å². The zero-order valence-corrected chi connectivity index (χ0v) is 11.3. The molecular formula is C15H14N2O4. The van der Waals surface area contributed by atoms with Gasteiger partial charge in [0.2, 0.25) is 0 Å². The summed E-state index contributed by atoms with van der Waals surface area (Å²) >= 11 is 0. The molecule has 0 aliphatic rings. The number of urea groups is 1. The topological polar surface area (TPSA) is 87.7 Å². The molecule has 0 saturated heterocycles. The molecular weight excluding hydrogens is 272 g/mol. The number of amides is 2. The van der Waals surface area contributed by atoms with Crippen molar-refractivity contribution in [2.24, 2.45) is 0 Å². The molecule has 0 radical (unpaired) electrons. The van der Waals surface area contributed by atoms with E-state index in [1.165, 1.54) is 6.92 Å². The lowest BCUT2D eigenvalue weighted by atomic mass is 10.1. The maximum atomic E-state index is 11.7. The molecule has 0 fully saturated rings. The molecule has 0 atom stereocenters. The minimum Gasteiger partial charge on any atom is -0.507 e. The first-order chi connectivity index (χ1) is 9.99. The number of aromatic hydroxyl groups is 1. The van der Waals surface area contributed by atoms with Gasteiger partial charge in [0.25, 0.3) is 0 Å². The predicted molar refractivity (Wildman–Crippen MR) is 78.7 cm³/mol. The largest absolute Gasteiger partial charge is 0.507 e. The van der Waals surface area contributed by atoms with Crippen LogP contribution in [0.15, 0.2) is 48.6 Å². The van der Waals surface area contributed by atoms with Gasteiger partial charge in [-0.25, -0.2) is 9.59 Å². The Morgan fingerprint density at radius 1 is 1.14 bits per heavy atom. The molecule has 6 nitrogen and oxygen atoms in total. The molecule has 108 valence electrons. The van der Waals surface area contributed by atoms with E-state index in [-0.39, 0.29) is 11.3 Å². The summed E-state index contributed by atoms with van der Waals surface area (Å²) in [4.78, 5) is 27.4. The van der Waals surface area contributed by atoms with E-state index in [1.807, 2.05) is 5.48 Å². The summed E-state index contributed by atoms with van der Waals surface area (Å²) in [5.74, 6) is -0.606. The second-order valence-corrected chi connectivity index (χ2v) is 4.40. The maximum absolute atomic E-state index is 11.7. The zero-order chi connectivity index (χ0) is 15.4. The fourth-order valence-corrected chi connectivity index (χ4v) is 1.73. The van der Waals surface area contributed by atoms with Crippen molar-refractivity contribution in [1.82, 2.24) is 5.48 Å². The van der Waals surface area contributed by atoms with Crippen LogP contribution in [0.5, 0.6) is 5.75 Å². The van der Waals surface area contributed by atoms with Crippen LogP contribution < -0.4 is 10.8 Å². The average Bonchev–Trinajstić information content (AvgIpc) is 2.45. The molecule has 2 aromatic carbocycles. The van der Waals surface area contributed by atoms with Crippen LogP contribution in [0.25, 0.3) is 10.8 Å². The highest BCUT2D eigenvalue weighted by atomic mass is 16.7. The zero-order valence-electron chi connectivity index (χ0n) is 11.3. The molecule has 0 bridgehead atoms. The number of anilines is 1. The van der Waals surface area contributed by atoms with E-state index in [0.29, 0.717) is 16.5 Å². The molecule has 2 amide bonds. The summed E-state index contributed by atoms with van der Waals surface area (Å²) in [7, 11) is 0. The molecule has 21 heavy (non-hydrogen) atoms. The highest BCUT2D eigenvalue weighted by Crippen LogP contribution is 2.29. The van der Waals surface area contributed by atoms with Crippen molar-refractivity contribution in [3.63, 3.8) is 0 Å². The minimum atomic E-state index is -0.722. The van der Waals surface area contributed by atoms with Gasteiger partial charge in [-0.05, 0) is 19.1 Å². The van der Waals surface area contributed by atoms with Gasteiger partial charge in [-0.3, -0.25) is 0 Å². The van der Waals surface area contributed by atoms with Crippen molar-refractivity contribution in [2.75, 3.05) is 5.32 Å². The first kappa shape index (κ1) is 14.4. The van der Waals surface area contributed by atoms with Crippen LogP contribution in [0.3, 0.4) is 0 Å². The second kappa shape index (κ2) is 5.96. The van der Waals surface area contributed by atoms with Gasteiger partial charge in [0.05, 0.1) is 5.69 Å². The number of hydrogen-bond acceptors (Lipinski definition) is 4. The Morgan fingerprint density at radius 2 is 1.81 bits per heavy atom. The van der Waals surface area contributed by atoms with Gasteiger partial charge in [0, 0.05) is 16.3 Å². The van der Waals surface area contributed by atoms with Crippen LogP contribution in [0.1, 0.15) is 6.92 Å². The first-order valence-electron chi connectivity index (χ1n) is 6.13. The Kier molecular flexibility index (Phi) is 4.08. The van der Waals surface area contributed by atoms with Crippen LogP contribution in [0.4, 0.5) is 10.5 Å². The molecule has 0 aromatic heterocycles. The van der Waals surface area contributed by atoms with Crippen molar-refractivity contribution in [1.29, 1.82) is 0 Å². The third-order valence-corrected chi connectivity index (χ3v) is 2.73. The summed E-state index contributed by atoms with van der Waals surface area (Å²) in [6, 6.07) is 9.36. The predicted octanol–water partition coefficient (Wildman–Crippen LogP) is 2.70. The minimum absolute atomic E-state index is 0.116. The number of hydroxylamine groups is 1. The SMILES string of the molecule is C=C(C)C(=O)ONC(=O)Nc1cccc2c(O)cccc12. The van der Waals surface area contributed by atoms with E-state index >= 15 is 0 Å². The van der Waals surface area contributed by atoms with Crippen molar-refractivity contribution in [3.05, 3.63) is 48.6 Å². The number of phenolic OH excluding ortho intramolecular Hbond substituents is 1. The Balaban J connectivity index is 2.13. The van der Waals surface area contributed by atoms with Crippen molar-refractivity contribution < 1.29 is 19.5 Å². The Hall–Kier alpha value is -3.02. The van der Waals surface area contributed by atoms with Crippen molar-refractivity contribution in [3.8, 4) is 5.75 Å². The van der Waals surface area contributed by atoms with E-state index in [9.17, 15) is 14.7 Å². The lowest BCUT2D eigenvalue weighted by Crippen LogP contribution is -2.31. The van der Waals surface area contributed by atoms with Crippen LogP contribution in [-0.2, 0) is 9.63 Å². The third kappa shape index (κ3) is 3.30. The van der Waals surface area contributed by atoms with Gasteiger partial charge in [-0.2, -0.15) is 5.48 Å². The molecule has 0 spiro atoms. The highest BCUT2D eigenvalue weighted by molar-refractivity contribution is 6.03. The second-order valence-electron chi connectivity index (χ2n) is 4.40. The van der Waals surface area contributed by atoms with E-state index in [2.05, 4.69) is 16.7 Å². The molecule has 0 saturated carbocycles. The van der Waals surface area contributed by atoms with Crippen LogP contribution in [0, 0.1) is 0 Å². The molecule has 2 aromatic rings. The fourth-order valence-electron chi connectivity index (χ4n) is 1.73. The van der Waals surface area contributed by atoms with Gasteiger partial charge in [0.15, 0.2) is 0 Å². The molecule has 0 aliphatic heterocycles. The summed E-state index contributed by atoms with van der Waals surface area (Å²) in [5, 5.41) is 13.6. The van der Waals surface area contributed by atoms with Crippen molar-refractivity contribution in [2.45, 2.75) is 6.92 Å². The summed E-state index contributed by atoms with van der Waals surface area (Å²) < 4.78 is 0. The van der Waals surface area contributed by atoms with E-state index in [1.54, 1.807) is 36.4 Å². The van der Waals surface area contributed by atoms with E-state index < -0.39 is 12.0 Å². The summed E-state index contributed by atoms with van der Waals surface area (Å²) in [6.45, 7) is 4.86. The number of phenols is 1. The quantitative estimate of drug-likeness (QED) is 0.585. The Bertz CT molecular complexity index is 725. The molecule has 6 heteroatoms. The number of fused-ring (bicyclic) bond motifs is 1. The number of hydrogen-bond donors (Lipinski definition) is 3. The van der Waals surface area contributed by atoms with Crippen LogP contribution in [0.2, 0.25) is 0 Å². The van der Waals surface area contributed by atoms with E-state index in [4.69, 9.17) is 0 Å². The molecule has 0 unspecified atom stereocenters. The molecule has 2 rings (SSSR count). The normalized spacial score (nSPS) is 9.95. The molecule has 3 N–H and O–H groups in total. The number of carbonyl (C=O) groups is 2. The van der Waals surface area contributed by atoms with Gasteiger partial charge < -0.3 is 15.3 Å². The Morgan fingerprint density at radius 3 is 2.52 bits per heavy atom. The first-order valence-corrected chi connectivity index (χ1v) is 6.13. The number of nitrogens with one attached hydrogen (secondary N) is 2. The monoisotopic (exact) mass is 286 g/mol. The number of rotatable bonds is 2. The number of carbonyl (C=O) groups excluding carboxylic acids is 2. The van der Waals surface area contributed by atoms with Crippen molar-refractivity contribution >= 4 is 28.5 Å². The highest BCUT2D eigenvalue weighted by Gasteiger charge is 2.10. The number of benzene rings is 2. The average molecular weight is 286 g/mol. The third-order valence-electron chi connectivity index (χ3n) is 2.73. The van der Waals surface area contributed by atoms with Crippen LogP contribution >= 0.6 is 0 Å². The van der Waals surface area contributed by atoms with Gasteiger partial charge >= 0.3 is 12.0 Å². The maximum Gasteiger partial charge on any atom is 0.358 e. The fraction of sp³-hybridized carbons (Fsp3) is 0.0667. The van der Waals surface area contributed by atoms with Gasteiger partial charge in [-0.15, -0.1) is 0 Å². The molecule has 0 aliphatic carbocycles.